The first kappa shape index (κ1) is 28.3. The van der Waals surface area contributed by atoms with Gasteiger partial charge in [0.25, 0.3) is 0 Å². The zero-order chi connectivity index (χ0) is 31.4. The van der Waals surface area contributed by atoms with E-state index in [1.54, 1.807) is 0 Å². The first-order valence-electron chi connectivity index (χ1n) is 16.1. The summed E-state index contributed by atoms with van der Waals surface area (Å²) in [7, 11) is 0. The van der Waals surface area contributed by atoms with Crippen molar-refractivity contribution < 1.29 is 0 Å². The molecule has 0 aliphatic heterocycles. The van der Waals surface area contributed by atoms with Crippen LogP contribution in [0.4, 0.5) is 17.1 Å². The van der Waals surface area contributed by atoms with Crippen molar-refractivity contribution in [1.29, 1.82) is 0 Å². The molecular formula is C46H33N. The summed E-state index contributed by atoms with van der Waals surface area (Å²) >= 11 is 0. The number of anilines is 3. The van der Waals surface area contributed by atoms with E-state index in [0.717, 1.165) is 17.1 Å². The summed E-state index contributed by atoms with van der Waals surface area (Å²) in [4.78, 5) is 2.40. The third kappa shape index (κ3) is 5.72. The summed E-state index contributed by atoms with van der Waals surface area (Å²) in [5, 5.41) is 2.50. The highest BCUT2D eigenvalue weighted by Crippen LogP contribution is 2.43. The quantitative estimate of drug-likeness (QED) is 0.176. The second-order valence-electron chi connectivity index (χ2n) is 11.8. The van der Waals surface area contributed by atoms with Crippen molar-refractivity contribution in [2.45, 2.75) is 0 Å². The maximum Gasteiger partial charge on any atom is 0.0540 e. The Balaban J connectivity index is 1.30. The van der Waals surface area contributed by atoms with E-state index in [2.05, 4.69) is 205 Å². The molecule has 0 unspecified atom stereocenters. The first-order chi connectivity index (χ1) is 23.3. The highest BCUT2D eigenvalue weighted by atomic mass is 15.1. The first-order valence-corrected chi connectivity index (χ1v) is 16.1. The van der Waals surface area contributed by atoms with Crippen LogP contribution in [0.25, 0.3) is 55.3 Å². The number of benzene rings is 8. The number of fused-ring (bicyclic) bond motifs is 1. The average Bonchev–Trinajstić information content (AvgIpc) is 3.16. The van der Waals surface area contributed by atoms with Gasteiger partial charge < -0.3 is 4.90 Å². The van der Waals surface area contributed by atoms with E-state index in [-0.39, 0.29) is 0 Å². The monoisotopic (exact) mass is 599 g/mol. The van der Waals surface area contributed by atoms with E-state index >= 15 is 0 Å². The van der Waals surface area contributed by atoms with E-state index in [4.69, 9.17) is 0 Å². The number of hydrogen-bond acceptors (Lipinski definition) is 1. The molecule has 0 aliphatic rings. The van der Waals surface area contributed by atoms with Crippen LogP contribution in [0.2, 0.25) is 0 Å². The Kier molecular flexibility index (Phi) is 7.63. The molecule has 8 aromatic carbocycles. The van der Waals surface area contributed by atoms with Gasteiger partial charge in [-0.2, -0.15) is 0 Å². The number of para-hydroxylation sites is 1. The van der Waals surface area contributed by atoms with Gasteiger partial charge in [0.15, 0.2) is 0 Å². The van der Waals surface area contributed by atoms with Crippen molar-refractivity contribution in [3.63, 3.8) is 0 Å². The number of hydrogen-bond donors (Lipinski definition) is 0. The lowest BCUT2D eigenvalue weighted by molar-refractivity contribution is 1.28. The van der Waals surface area contributed by atoms with Crippen molar-refractivity contribution in [2.75, 3.05) is 4.90 Å². The minimum atomic E-state index is 1.10. The highest BCUT2D eigenvalue weighted by molar-refractivity contribution is 5.98. The minimum Gasteiger partial charge on any atom is -0.310 e. The van der Waals surface area contributed by atoms with E-state index < -0.39 is 0 Å². The largest absolute Gasteiger partial charge is 0.310 e. The van der Waals surface area contributed by atoms with E-state index in [1.165, 1.54) is 55.3 Å². The summed E-state index contributed by atoms with van der Waals surface area (Å²) in [5.41, 5.74) is 12.9. The zero-order valence-corrected chi connectivity index (χ0v) is 26.0. The highest BCUT2D eigenvalue weighted by Gasteiger charge is 2.18. The van der Waals surface area contributed by atoms with Gasteiger partial charge in [-0.05, 0) is 86.1 Å². The Morgan fingerprint density at radius 1 is 0.277 bits per heavy atom. The van der Waals surface area contributed by atoms with E-state index in [0.29, 0.717) is 0 Å². The van der Waals surface area contributed by atoms with Crippen LogP contribution >= 0.6 is 0 Å². The normalized spacial score (nSPS) is 11.0. The summed E-state index contributed by atoms with van der Waals surface area (Å²) in [5.74, 6) is 0. The molecule has 0 aliphatic carbocycles. The molecule has 222 valence electrons. The van der Waals surface area contributed by atoms with Crippen molar-refractivity contribution in [3.8, 4) is 44.5 Å². The van der Waals surface area contributed by atoms with Crippen molar-refractivity contribution in [3.05, 3.63) is 200 Å². The van der Waals surface area contributed by atoms with Gasteiger partial charge in [0.05, 0.1) is 5.69 Å². The molecule has 0 saturated heterocycles. The molecule has 0 aromatic heterocycles. The summed E-state index contributed by atoms with van der Waals surface area (Å²) in [6.45, 7) is 0. The summed E-state index contributed by atoms with van der Waals surface area (Å²) in [6.07, 6.45) is 0. The van der Waals surface area contributed by atoms with Crippen LogP contribution in [-0.2, 0) is 0 Å². The Morgan fingerprint density at radius 2 is 0.745 bits per heavy atom. The molecule has 0 amide bonds. The smallest absolute Gasteiger partial charge is 0.0540 e. The fraction of sp³-hybridized carbons (Fsp3) is 0. The van der Waals surface area contributed by atoms with Gasteiger partial charge in [-0.3, -0.25) is 0 Å². The molecule has 0 atom stereocenters. The topological polar surface area (TPSA) is 3.24 Å². The van der Waals surface area contributed by atoms with Gasteiger partial charge in [0, 0.05) is 16.9 Å². The lowest BCUT2D eigenvalue weighted by Crippen LogP contribution is -2.11. The Bertz CT molecular complexity index is 2300. The SMILES string of the molecule is c1ccc(-c2cccc(-c3cccc(N(c4cccc(-c5cccc6ccccc56)c4)c4ccccc4-c4ccccc4)c3)c2)cc1. The molecule has 0 bridgehead atoms. The van der Waals surface area contributed by atoms with Crippen LogP contribution in [-0.4, -0.2) is 0 Å². The summed E-state index contributed by atoms with van der Waals surface area (Å²) in [6, 6.07) is 71.9. The minimum absolute atomic E-state index is 1.10. The predicted octanol–water partition coefficient (Wildman–Crippen LogP) is 13.0. The Hall–Kier alpha value is -6.18. The fourth-order valence-corrected chi connectivity index (χ4v) is 6.58. The molecule has 8 aromatic rings. The predicted molar refractivity (Wildman–Crippen MR) is 200 cm³/mol. The second-order valence-corrected chi connectivity index (χ2v) is 11.8. The van der Waals surface area contributed by atoms with Crippen LogP contribution in [0.1, 0.15) is 0 Å². The molecule has 1 nitrogen and oxygen atoms in total. The molecule has 0 saturated carbocycles. The Labute approximate surface area is 276 Å². The molecule has 47 heavy (non-hydrogen) atoms. The summed E-state index contributed by atoms with van der Waals surface area (Å²) < 4.78 is 0. The van der Waals surface area contributed by atoms with Gasteiger partial charge in [-0.25, -0.2) is 0 Å². The van der Waals surface area contributed by atoms with Crippen LogP contribution in [0.3, 0.4) is 0 Å². The van der Waals surface area contributed by atoms with E-state index in [9.17, 15) is 0 Å². The molecule has 1 heteroatoms. The molecule has 0 N–H and O–H groups in total. The molecule has 8 rings (SSSR count). The van der Waals surface area contributed by atoms with Crippen molar-refractivity contribution >= 4 is 27.8 Å². The third-order valence-electron chi connectivity index (χ3n) is 8.84. The van der Waals surface area contributed by atoms with Crippen LogP contribution < -0.4 is 4.90 Å². The lowest BCUT2D eigenvalue weighted by atomic mass is 9.96. The molecule has 0 radical (unpaired) electrons. The standard InChI is InChI=1S/C46H33N/c1-3-15-34(16-4-1)37-21-11-22-38(31-37)39-23-12-25-41(32-39)47(46-30-10-9-28-45(46)36-17-5-2-6-18-36)42-26-13-24-40(33-42)44-29-14-20-35-19-7-8-27-43(35)44/h1-33H. The van der Waals surface area contributed by atoms with Crippen LogP contribution in [0, 0.1) is 0 Å². The van der Waals surface area contributed by atoms with Gasteiger partial charge in [-0.15, -0.1) is 0 Å². The van der Waals surface area contributed by atoms with Crippen molar-refractivity contribution in [2.24, 2.45) is 0 Å². The van der Waals surface area contributed by atoms with E-state index in [1.807, 2.05) is 0 Å². The second kappa shape index (κ2) is 12.7. The van der Waals surface area contributed by atoms with Gasteiger partial charge in [-0.1, -0.05) is 164 Å². The maximum absolute atomic E-state index is 2.40. The molecule has 0 spiro atoms. The van der Waals surface area contributed by atoms with Crippen LogP contribution in [0.5, 0.6) is 0 Å². The lowest BCUT2D eigenvalue weighted by Gasteiger charge is -2.29. The fourth-order valence-electron chi connectivity index (χ4n) is 6.58. The van der Waals surface area contributed by atoms with Gasteiger partial charge in [0.1, 0.15) is 0 Å². The Morgan fingerprint density at radius 3 is 1.51 bits per heavy atom. The van der Waals surface area contributed by atoms with Crippen LogP contribution in [0.15, 0.2) is 200 Å². The molecule has 0 heterocycles. The third-order valence-corrected chi connectivity index (χ3v) is 8.84. The van der Waals surface area contributed by atoms with Crippen molar-refractivity contribution in [1.82, 2.24) is 0 Å². The average molecular weight is 600 g/mol. The molecule has 0 fully saturated rings. The van der Waals surface area contributed by atoms with Gasteiger partial charge >= 0.3 is 0 Å². The maximum atomic E-state index is 2.40. The van der Waals surface area contributed by atoms with Gasteiger partial charge in [0.2, 0.25) is 0 Å². The zero-order valence-electron chi connectivity index (χ0n) is 26.0. The number of nitrogens with zero attached hydrogens (tertiary/aromatic N) is 1. The molecular weight excluding hydrogens is 567 g/mol. The number of rotatable bonds is 7.